The molecule has 4 aromatic carbocycles. The molecular formula is C29H26N4O. The third-order valence-electron chi connectivity index (χ3n) is 5.94. The number of aryl methyl sites for hydroxylation is 1. The van der Waals surface area contributed by atoms with Gasteiger partial charge in [-0.3, -0.25) is 4.79 Å². The predicted molar refractivity (Wildman–Crippen MR) is 140 cm³/mol. The molecule has 168 valence electrons. The fourth-order valence-electron chi connectivity index (χ4n) is 4.19. The van der Waals surface area contributed by atoms with E-state index in [1.807, 2.05) is 43.3 Å². The Morgan fingerprint density at radius 1 is 0.882 bits per heavy atom. The summed E-state index contributed by atoms with van der Waals surface area (Å²) in [4.78, 5) is 12.2. The fraction of sp³-hybridized carbons (Fsp3) is 0.103. The highest BCUT2D eigenvalue weighted by molar-refractivity contribution is 6.00. The van der Waals surface area contributed by atoms with Crippen LogP contribution in [0.4, 0.5) is 5.69 Å². The smallest absolute Gasteiger partial charge is 0.259 e. The summed E-state index contributed by atoms with van der Waals surface area (Å²) < 4.78 is 2.24. The summed E-state index contributed by atoms with van der Waals surface area (Å²) in [7, 11) is 0. The molecule has 0 saturated heterocycles. The van der Waals surface area contributed by atoms with Crippen LogP contribution in [0.3, 0.4) is 0 Å². The van der Waals surface area contributed by atoms with Crippen LogP contribution in [0.25, 0.3) is 21.7 Å². The van der Waals surface area contributed by atoms with Gasteiger partial charge in [-0.15, -0.1) is 0 Å². The second kappa shape index (κ2) is 9.63. The minimum absolute atomic E-state index is 0.156. The number of nitrogens with zero attached hydrogens (tertiary/aromatic N) is 2. The van der Waals surface area contributed by atoms with Gasteiger partial charge in [-0.05, 0) is 41.5 Å². The SMILES string of the molecule is Cc1ccc(NCC(=O)N/N=C\c2cn(Cc3cccc4ccccc34)c3ccccc23)cc1. The van der Waals surface area contributed by atoms with E-state index < -0.39 is 0 Å². The largest absolute Gasteiger partial charge is 0.376 e. The lowest BCUT2D eigenvalue weighted by molar-refractivity contribution is -0.119. The van der Waals surface area contributed by atoms with Crippen molar-refractivity contribution in [2.24, 2.45) is 5.10 Å². The zero-order chi connectivity index (χ0) is 23.3. The van der Waals surface area contributed by atoms with Crippen LogP contribution in [0.1, 0.15) is 16.7 Å². The number of carbonyl (C=O) groups is 1. The summed E-state index contributed by atoms with van der Waals surface area (Å²) in [5.41, 5.74) is 8.05. The Bertz CT molecular complexity index is 1480. The van der Waals surface area contributed by atoms with Gasteiger partial charge in [-0.1, -0.05) is 78.4 Å². The molecule has 0 spiro atoms. The van der Waals surface area contributed by atoms with E-state index in [1.165, 1.54) is 21.9 Å². The average Bonchev–Trinajstić information content (AvgIpc) is 3.21. The second-order valence-corrected chi connectivity index (χ2v) is 8.38. The van der Waals surface area contributed by atoms with Crippen molar-refractivity contribution >= 4 is 39.5 Å². The van der Waals surface area contributed by atoms with Crippen molar-refractivity contribution in [3.8, 4) is 0 Å². The molecular weight excluding hydrogens is 420 g/mol. The summed E-state index contributed by atoms with van der Waals surface area (Å²) >= 11 is 0. The number of hydrogen-bond acceptors (Lipinski definition) is 3. The molecule has 34 heavy (non-hydrogen) atoms. The van der Waals surface area contributed by atoms with Crippen LogP contribution in [-0.4, -0.2) is 23.2 Å². The Labute approximate surface area is 198 Å². The van der Waals surface area contributed by atoms with E-state index in [1.54, 1.807) is 6.21 Å². The normalized spacial score (nSPS) is 11.3. The van der Waals surface area contributed by atoms with E-state index in [-0.39, 0.29) is 12.5 Å². The number of benzene rings is 4. The van der Waals surface area contributed by atoms with Crippen LogP contribution in [-0.2, 0) is 11.3 Å². The molecule has 5 nitrogen and oxygen atoms in total. The van der Waals surface area contributed by atoms with Crippen molar-refractivity contribution in [2.75, 3.05) is 11.9 Å². The number of rotatable bonds is 7. The predicted octanol–water partition coefficient (Wildman–Crippen LogP) is 5.71. The molecule has 0 fully saturated rings. The molecule has 0 aliphatic rings. The molecule has 0 bridgehead atoms. The standard InChI is InChI=1S/C29H26N4O/c1-21-13-15-25(16-14-21)30-18-29(34)32-31-17-24-20-33(28-12-5-4-11-27(24)28)19-23-9-6-8-22-7-2-3-10-26(22)23/h2-17,20,30H,18-19H2,1H3,(H,32,34)/b31-17-. The maximum absolute atomic E-state index is 12.2. The highest BCUT2D eigenvalue weighted by Gasteiger charge is 2.09. The molecule has 1 amide bonds. The number of para-hydroxylation sites is 1. The Morgan fingerprint density at radius 2 is 1.62 bits per heavy atom. The number of amides is 1. The summed E-state index contributed by atoms with van der Waals surface area (Å²) in [5.74, 6) is -0.198. The van der Waals surface area contributed by atoms with Gasteiger partial charge in [0.1, 0.15) is 0 Å². The van der Waals surface area contributed by atoms with Crippen LogP contribution >= 0.6 is 0 Å². The lowest BCUT2D eigenvalue weighted by Gasteiger charge is -2.09. The Balaban J connectivity index is 1.31. The number of hydrazone groups is 1. The van der Waals surface area contributed by atoms with Crippen molar-refractivity contribution in [3.63, 3.8) is 0 Å². The van der Waals surface area contributed by atoms with Crippen LogP contribution < -0.4 is 10.7 Å². The topological polar surface area (TPSA) is 58.4 Å². The first-order valence-corrected chi connectivity index (χ1v) is 11.3. The van der Waals surface area contributed by atoms with Gasteiger partial charge in [0.15, 0.2) is 0 Å². The van der Waals surface area contributed by atoms with Crippen molar-refractivity contribution in [3.05, 3.63) is 114 Å². The van der Waals surface area contributed by atoms with Gasteiger partial charge < -0.3 is 9.88 Å². The fourth-order valence-corrected chi connectivity index (χ4v) is 4.19. The number of fused-ring (bicyclic) bond motifs is 2. The zero-order valence-corrected chi connectivity index (χ0v) is 19.0. The molecule has 0 aliphatic heterocycles. The van der Waals surface area contributed by atoms with Gasteiger partial charge >= 0.3 is 0 Å². The minimum Gasteiger partial charge on any atom is -0.376 e. The molecule has 5 rings (SSSR count). The second-order valence-electron chi connectivity index (χ2n) is 8.38. The molecule has 2 N–H and O–H groups in total. The summed E-state index contributed by atoms with van der Waals surface area (Å²) in [5, 5.41) is 10.9. The number of anilines is 1. The number of carbonyl (C=O) groups excluding carboxylic acids is 1. The van der Waals surface area contributed by atoms with E-state index >= 15 is 0 Å². The van der Waals surface area contributed by atoms with Crippen molar-refractivity contribution in [1.29, 1.82) is 0 Å². The quantitative estimate of drug-likeness (QED) is 0.248. The summed E-state index contributed by atoms with van der Waals surface area (Å²) in [6.45, 7) is 2.94. The van der Waals surface area contributed by atoms with Crippen LogP contribution in [0.2, 0.25) is 0 Å². The van der Waals surface area contributed by atoms with E-state index in [2.05, 4.69) is 81.2 Å². The molecule has 0 aliphatic carbocycles. The molecule has 5 aromatic rings. The van der Waals surface area contributed by atoms with Crippen molar-refractivity contribution in [2.45, 2.75) is 13.5 Å². The number of nitrogens with one attached hydrogen (secondary N) is 2. The Hall–Kier alpha value is -4.38. The maximum Gasteiger partial charge on any atom is 0.259 e. The highest BCUT2D eigenvalue weighted by atomic mass is 16.2. The molecule has 0 atom stereocenters. The van der Waals surface area contributed by atoms with Crippen LogP contribution in [0.5, 0.6) is 0 Å². The summed E-state index contributed by atoms with van der Waals surface area (Å²) in [6, 6.07) is 31.0. The minimum atomic E-state index is -0.198. The zero-order valence-electron chi connectivity index (χ0n) is 19.0. The molecule has 0 saturated carbocycles. The number of aromatic nitrogens is 1. The van der Waals surface area contributed by atoms with E-state index in [9.17, 15) is 4.79 Å². The van der Waals surface area contributed by atoms with E-state index in [0.29, 0.717) is 0 Å². The van der Waals surface area contributed by atoms with Gasteiger partial charge in [0, 0.05) is 34.9 Å². The van der Waals surface area contributed by atoms with Crippen molar-refractivity contribution < 1.29 is 4.79 Å². The van der Waals surface area contributed by atoms with Gasteiger partial charge in [0.05, 0.1) is 12.8 Å². The molecule has 0 unspecified atom stereocenters. The first kappa shape index (κ1) is 21.5. The lowest BCUT2D eigenvalue weighted by Crippen LogP contribution is -2.25. The van der Waals surface area contributed by atoms with E-state index in [0.717, 1.165) is 28.7 Å². The average molecular weight is 447 g/mol. The van der Waals surface area contributed by atoms with Gasteiger partial charge in [-0.2, -0.15) is 5.10 Å². The third-order valence-corrected chi connectivity index (χ3v) is 5.94. The molecule has 5 heteroatoms. The molecule has 1 aromatic heterocycles. The van der Waals surface area contributed by atoms with Gasteiger partial charge in [0.25, 0.3) is 5.91 Å². The Morgan fingerprint density at radius 3 is 2.47 bits per heavy atom. The van der Waals surface area contributed by atoms with Gasteiger partial charge in [0.2, 0.25) is 0 Å². The third kappa shape index (κ3) is 4.69. The molecule has 0 radical (unpaired) electrons. The first-order chi connectivity index (χ1) is 16.7. The van der Waals surface area contributed by atoms with Crippen molar-refractivity contribution in [1.82, 2.24) is 9.99 Å². The molecule has 1 heterocycles. The monoisotopic (exact) mass is 446 g/mol. The maximum atomic E-state index is 12.2. The lowest BCUT2D eigenvalue weighted by atomic mass is 10.0. The summed E-state index contributed by atoms with van der Waals surface area (Å²) in [6.07, 6.45) is 3.80. The van der Waals surface area contributed by atoms with Gasteiger partial charge in [-0.25, -0.2) is 5.43 Å². The Kier molecular flexibility index (Phi) is 6.08. The van der Waals surface area contributed by atoms with Crippen LogP contribution in [0.15, 0.2) is 102 Å². The number of hydrogen-bond donors (Lipinski definition) is 2. The first-order valence-electron chi connectivity index (χ1n) is 11.3. The van der Waals surface area contributed by atoms with Crippen LogP contribution in [0, 0.1) is 6.92 Å². The highest BCUT2D eigenvalue weighted by Crippen LogP contribution is 2.24. The van der Waals surface area contributed by atoms with E-state index in [4.69, 9.17) is 0 Å².